The molecule has 1 amide bonds. The lowest BCUT2D eigenvalue weighted by Crippen LogP contribution is -2.25. The van der Waals surface area contributed by atoms with Crippen LogP contribution >= 0.6 is 0 Å². The van der Waals surface area contributed by atoms with Crippen LogP contribution in [0.1, 0.15) is 25.8 Å². The van der Waals surface area contributed by atoms with Gasteiger partial charge in [0.2, 0.25) is 0 Å². The number of hydrogen-bond acceptors (Lipinski definition) is 3. The molecule has 1 aromatic carbocycles. The first-order valence-electron chi connectivity index (χ1n) is 7.08. The van der Waals surface area contributed by atoms with Gasteiger partial charge in [-0.05, 0) is 37.1 Å². The summed E-state index contributed by atoms with van der Waals surface area (Å²) in [5.41, 5.74) is 1.79. The molecule has 1 aliphatic heterocycles. The highest BCUT2D eigenvalue weighted by atomic mass is 19.1. The fourth-order valence-electron chi connectivity index (χ4n) is 2.45. The number of halogens is 1. The van der Waals surface area contributed by atoms with Gasteiger partial charge in [0.15, 0.2) is 0 Å². The van der Waals surface area contributed by atoms with E-state index in [9.17, 15) is 14.0 Å². The Hall–Kier alpha value is -2.43. The quantitative estimate of drug-likeness (QED) is 0.634. The number of carbonyl (C=O) groups is 2. The van der Waals surface area contributed by atoms with Crippen molar-refractivity contribution in [3.63, 3.8) is 0 Å². The van der Waals surface area contributed by atoms with Crippen LogP contribution < -0.4 is 0 Å². The summed E-state index contributed by atoms with van der Waals surface area (Å²) in [6, 6.07) is 5.73. The molecule has 0 aromatic heterocycles. The molecule has 0 fully saturated rings. The molecule has 1 heterocycles. The number of amides is 1. The monoisotopic (exact) mass is 303 g/mol. The maximum absolute atomic E-state index is 13.0. The van der Waals surface area contributed by atoms with Crippen molar-refractivity contribution in [1.82, 2.24) is 4.90 Å². The number of ether oxygens (including phenoxy) is 1. The number of rotatable bonds is 4. The van der Waals surface area contributed by atoms with Crippen LogP contribution in [0.5, 0.6) is 0 Å². The summed E-state index contributed by atoms with van der Waals surface area (Å²) in [6.07, 6.45) is 2.37. The van der Waals surface area contributed by atoms with Gasteiger partial charge in [-0.1, -0.05) is 19.1 Å². The molecule has 116 valence electrons. The Morgan fingerprint density at radius 2 is 1.95 bits per heavy atom. The van der Waals surface area contributed by atoms with E-state index in [-0.39, 0.29) is 22.9 Å². The van der Waals surface area contributed by atoms with Gasteiger partial charge in [0.25, 0.3) is 5.91 Å². The number of methoxy groups -OCH3 is 1. The predicted molar refractivity (Wildman–Crippen MR) is 81.1 cm³/mol. The zero-order valence-electron chi connectivity index (χ0n) is 12.9. The standard InChI is InChI=1S/C17H18FNO3/c1-4-9-19-11(2)15(17(21)22-3)14(16(19)20)10-12-5-7-13(18)8-6-12/h5-8,10H,4,9H2,1-3H3/b14-10-. The maximum atomic E-state index is 13.0. The largest absolute Gasteiger partial charge is 0.465 e. The molecule has 0 radical (unpaired) electrons. The third-order valence-electron chi connectivity index (χ3n) is 3.53. The van der Waals surface area contributed by atoms with E-state index < -0.39 is 5.97 Å². The first-order chi connectivity index (χ1) is 10.5. The van der Waals surface area contributed by atoms with Crippen molar-refractivity contribution >= 4 is 18.0 Å². The topological polar surface area (TPSA) is 46.6 Å². The fourth-order valence-corrected chi connectivity index (χ4v) is 2.45. The number of nitrogens with zero attached hydrogens (tertiary/aromatic N) is 1. The van der Waals surface area contributed by atoms with Crippen LogP contribution in [-0.4, -0.2) is 30.4 Å². The molecule has 4 nitrogen and oxygen atoms in total. The summed E-state index contributed by atoms with van der Waals surface area (Å²) >= 11 is 0. The first-order valence-corrected chi connectivity index (χ1v) is 7.08. The van der Waals surface area contributed by atoms with E-state index in [4.69, 9.17) is 4.74 Å². The molecule has 1 aromatic rings. The maximum Gasteiger partial charge on any atom is 0.340 e. The van der Waals surface area contributed by atoms with Gasteiger partial charge >= 0.3 is 5.97 Å². The molecule has 2 rings (SSSR count). The Kier molecular flexibility index (Phi) is 4.75. The zero-order valence-corrected chi connectivity index (χ0v) is 12.9. The van der Waals surface area contributed by atoms with Gasteiger partial charge in [0.1, 0.15) is 5.82 Å². The molecule has 0 unspecified atom stereocenters. The molecule has 5 heteroatoms. The highest BCUT2D eigenvalue weighted by Crippen LogP contribution is 2.31. The summed E-state index contributed by atoms with van der Waals surface area (Å²) in [5.74, 6) is -1.13. The number of hydrogen-bond donors (Lipinski definition) is 0. The molecule has 0 aliphatic carbocycles. The summed E-state index contributed by atoms with van der Waals surface area (Å²) in [5, 5.41) is 0. The van der Waals surface area contributed by atoms with Gasteiger partial charge in [-0.25, -0.2) is 9.18 Å². The van der Waals surface area contributed by atoms with Crippen LogP contribution in [0.4, 0.5) is 4.39 Å². The van der Waals surface area contributed by atoms with E-state index in [1.54, 1.807) is 30.0 Å². The lowest BCUT2D eigenvalue weighted by molar-refractivity contribution is -0.136. The average Bonchev–Trinajstić information content (AvgIpc) is 2.74. The van der Waals surface area contributed by atoms with Crippen LogP contribution in [0.2, 0.25) is 0 Å². The third kappa shape index (κ3) is 2.93. The number of esters is 1. The Bertz CT molecular complexity index is 659. The average molecular weight is 303 g/mol. The molecule has 0 bridgehead atoms. The van der Waals surface area contributed by atoms with E-state index >= 15 is 0 Å². The molecule has 0 atom stereocenters. The lowest BCUT2D eigenvalue weighted by Gasteiger charge is -2.16. The van der Waals surface area contributed by atoms with Gasteiger partial charge in [0.05, 0.1) is 18.3 Å². The van der Waals surface area contributed by atoms with Crippen molar-refractivity contribution in [2.24, 2.45) is 0 Å². The Labute approximate surface area is 128 Å². The van der Waals surface area contributed by atoms with Gasteiger partial charge in [-0.15, -0.1) is 0 Å². The second kappa shape index (κ2) is 6.56. The van der Waals surface area contributed by atoms with E-state index in [0.29, 0.717) is 17.8 Å². The first kappa shape index (κ1) is 15.9. The molecule has 22 heavy (non-hydrogen) atoms. The minimum Gasteiger partial charge on any atom is -0.465 e. The van der Waals surface area contributed by atoms with Crippen LogP contribution in [0.25, 0.3) is 6.08 Å². The molecule has 0 saturated carbocycles. The lowest BCUT2D eigenvalue weighted by atomic mass is 10.0. The number of benzene rings is 1. The van der Waals surface area contributed by atoms with E-state index in [1.807, 2.05) is 6.92 Å². The van der Waals surface area contributed by atoms with Crippen LogP contribution in [0.15, 0.2) is 41.1 Å². The number of carbonyl (C=O) groups excluding carboxylic acids is 2. The van der Waals surface area contributed by atoms with Crippen molar-refractivity contribution in [2.75, 3.05) is 13.7 Å². The van der Waals surface area contributed by atoms with E-state index in [1.165, 1.54) is 19.2 Å². The minimum atomic E-state index is -0.544. The second-order valence-corrected chi connectivity index (χ2v) is 5.02. The summed E-state index contributed by atoms with van der Waals surface area (Å²) in [4.78, 5) is 26.1. The Morgan fingerprint density at radius 1 is 1.32 bits per heavy atom. The summed E-state index contributed by atoms with van der Waals surface area (Å²) in [7, 11) is 1.28. The molecular formula is C17H18FNO3. The third-order valence-corrected chi connectivity index (χ3v) is 3.53. The van der Waals surface area contributed by atoms with Crippen LogP contribution in [0, 0.1) is 5.82 Å². The van der Waals surface area contributed by atoms with Gasteiger partial charge in [-0.2, -0.15) is 0 Å². The van der Waals surface area contributed by atoms with E-state index in [0.717, 1.165) is 6.42 Å². The Morgan fingerprint density at radius 3 is 2.50 bits per heavy atom. The minimum absolute atomic E-state index is 0.232. The summed E-state index contributed by atoms with van der Waals surface area (Å²) < 4.78 is 17.8. The SMILES string of the molecule is CCCN1C(=O)/C(=C\c2ccc(F)cc2)C(C(=O)OC)=C1C. The smallest absolute Gasteiger partial charge is 0.340 e. The van der Waals surface area contributed by atoms with Crippen molar-refractivity contribution in [1.29, 1.82) is 0 Å². The van der Waals surface area contributed by atoms with E-state index in [2.05, 4.69) is 0 Å². The van der Waals surface area contributed by atoms with Crippen molar-refractivity contribution < 1.29 is 18.7 Å². The van der Waals surface area contributed by atoms with Gasteiger partial charge < -0.3 is 9.64 Å². The molecular weight excluding hydrogens is 285 g/mol. The molecule has 0 N–H and O–H groups in total. The highest BCUT2D eigenvalue weighted by molar-refractivity contribution is 6.16. The molecule has 0 saturated heterocycles. The zero-order chi connectivity index (χ0) is 16.3. The van der Waals surface area contributed by atoms with Gasteiger partial charge in [-0.3, -0.25) is 4.79 Å². The summed E-state index contributed by atoms with van der Waals surface area (Å²) in [6.45, 7) is 4.22. The Balaban J connectivity index is 2.49. The fraction of sp³-hybridized carbons (Fsp3) is 0.294. The highest BCUT2D eigenvalue weighted by Gasteiger charge is 2.36. The van der Waals surface area contributed by atoms with Crippen molar-refractivity contribution in [2.45, 2.75) is 20.3 Å². The van der Waals surface area contributed by atoms with Gasteiger partial charge in [0, 0.05) is 12.2 Å². The van der Waals surface area contributed by atoms with Crippen LogP contribution in [-0.2, 0) is 14.3 Å². The predicted octanol–water partition coefficient (Wildman–Crippen LogP) is 2.91. The number of allylic oxidation sites excluding steroid dienone is 1. The normalized spacial score (nSPS) is 16.6. The molecule has 1 aliphatic rings. The molecule has 0 spiro atoms. The second-order valence-electron chi connectivity index (χ2n) is 5.02. The van der Waals surface area contributed by atoms with Crippen LogP contribution in [0.3, 0.4) is 0 Å². The van der Waals surface area contributed by atoms with Crippen molar-refractivity contribution in [3.8, 4) is 0 Å². The van der Waals surface area contributed by atoms with Crippen molar-refractivity contribution in [3.05, 3.63) is 52.5 Å².